The highest BCUT2D eigenvalue weighted by Gasteiger charge is 2.13. The average Bonchev–Trinajstić information content (AvgIpc) is 2.90. The fourth-order valence-electron chi connectivity index (χ4n) is 2.33. The van der Waals surface area contributed by atoms with Crippen molar-refractivity contribution in [2.75, 3.05) is 0 Å². The molecule has 0 aliphatic heterocycles. The normalized spacial score (nSPS) is 11.0. The number of aryl methyl sites for hydroxylation is 1. The summed E-state index contributed by atoms with van der Waals surface area (Å²) in [5.74, 6) is -1.42. The molecule has 0 aliphatic rings. The number of hydrogen-bond donors (Lipinski definition) is 1. The number of benzene rings is 1. The van der Waals surface area contributed by atoms with Crippen LogP contribution in [0.4, 0.5) is 4.39 Å². The first-order chi connectivity index (χ1) is 10.5. The van der Waals surface area contributed by atoms with Gasteiger partial charge in [0.05, 0.1) is 12.1 Å². The maximum Gasteiger partial charge on any atom is 0.309 e. The third-order valence-electron chi connectivity index (χ3n) is 3.42. The van der Waals surface area contributed by atoms with Crippen molar-refractivity contribution in [2.24, 2.45) is 7.05 Å². The second-order valence-electron chi connectivity index (χ2n) is 4.91. The Morgan fingerprint density at radius 1 is 1.32 bits per heavy atom. The fraction of sp³-hybridized carbons (Fsp3) is 0.133. The second-order valence-corrected chi connectivity index (χ2v) is 4.91. The standard InChI is InChI=1S/C15H12FN3O3/c1-18-11(7-15(21)22)6-14(20)19-13(18)8-12(17-19)9-3-2-4-10(16)5-9/h2-6,8H,7H2,1H3,(H,21,22). The van der Waals surface area contributed by atoms with Crippen molar-refractivity contribution >= 4 is 11.6 Å². The monoisotopic (exact) mass is 301 g/mol. The Morgan fingerprint density at radius 2 is 2.09 bits per heavy atom. The molecule has 0 saturated heterocycles. The molecular weight excluding hydrogens is 289 g/mol. The zero-order valence-corrected chi connectivity index (χ0v) is 11.7. The van der Waals surface area contributed by atoms with Crippen LogP contribution in [-0.4, -0.2) is 25.3 Å². The fourth-order valence-corrected chi connectivity index (χ4v) is 2.33. The molecule has 2 aromatic heterocycles. The van der Waals surface area contributed by atoms with Crippen molar-refractivity contribution in [1.29, 1.82) is 0 Å². The molecule has 112 valence electrons. The molecule has 0 amide bonds. The molecule has 0 saturated carbocycles. The number of aromatic nitrogens is 3. The molecule has 7 heteroatoms. The van der Waals surface area contributed by atoms with E-state index in [1.165, 1.54) is 22.7 Å². The summed E-state index contributed by atoms with van der Waals surface area (Å²) in [6, 6.07) is 8.76. The summed E-state index contributed by atoms with van der Waals surface area (Å²) in [5.41, 5.74) is 1.38. The molecule has 1 aromatic carbocycles. The summed E-state index contributed by atoms with van der Waals surface area (Å²) in [6.45, 7) is 0. The Kier molecular flexibility index (Phi) is 3.25. The predicted molar refractivity (Wildman–Crippen MR) is 77.2 cm³/mol. The van der Waals surface area contributed by atoms with Gasteiger partial charge < -0.3 is 9.67 Å². The number of fused-ring (bicyclic) bond motifs is 1. The number of rotatable bonds is 3. The van der Waals surface area contributed by atoms with Crippen molar-refractivity contribution in [3.05, 3.63) is 58.3 Å². The number of halogens is 1. The van der Waals surface area contributed by atoms with Gasteiger partial charge in [-0.25, -0.2) is 4.39 Å². The third-order valence-corrected chi connectivity index (χ3v) is 3.42. The van der Waals surface area contributed by atoms with Crippen LogP contribution >= 0.6 is 0 Å². The van der Waals surface area contributed by atoms with E-state index in [4.69, 9.17) is 5.11 Å². The first-order valence-corrected chi connectivity index (χ1v) is 6.52. The number of hydrogen-bond acceptors (Lipinski definition) is 3. The van der Waals surface area contributed by atoms with E-state index in [0.717, 1.165) is 0 Å². The van der Waals surface area contributed by atoms with Gasteiger partial charge in [-0.1, -0.05) is 12.1 Å². The van der Waals surface area contributed by atoms with Crippen molar-refractivity contribution in [1.82, 2.24) is 14.2 Å². The number of aliphatic carboxylic acids is 1. The van der Waals surface area contributed by atoms with Gasteiger partial charge >= 0.3 is 5.97 Å². The molecule has 2 heterocycles. The number of carbonyl (C=O) groups is 1. The van der Waals surface area contributed by atoms with Gasteiger partial charge in [-0.15, -0.1) is 0 Å². The van der Waals surface area contributed by atoms with E-state index >= 15 is 0 Å². The summed E-state index contributed by atoms with van der Waals surface area (Å²) in [5, 5.41) is 13.1. The Bertz CT molecular complexity index is 943. The summed E-state index contributed by atoms with van der Waals surface area (Å²) in [6.07, 6.45) is -0.261. The molecule has 3 aromatic rings. The third kappa shape index (κ3) is 2.37. The second kappa shape index (κ2) is 5.10. The Hall–Kier alpha value is -2.96. The molecule has 0 aliphatic carbocycles. The Balaban J connectivity index is 2.21. The van der Waals surface area contributed by atoms with E-state index in [1.807, 2.05) is 0 Å². The minimum Gasteiger partial charge on any atom is -0.481 e. The molecule has 0 bridgehead atoms. The van der Waals surface area contributed by atoms with E-state index in [2.05, 4.69) is 5.10 Å². The zero-order chi connectivity index (χ0) is 15.9. The first kappa shape index (κ1) is 14.0. The SMILES string of the molecule is Cn1c(CC(=O)O)cc(=O)n2nc(-c3cccc(F)c3)cc12. The van der Waals surface area contributed by atoms with Crippen LogP contribution in [-0.2, 0) is 18.3 Å². The van der Waals surface area contributed by atoms with Crippen molar-refractivity contribution in [2.45, 2.75) is 6.42 Å². The average molecular weight is 301 g/mol. The smallest absolute Gasteiger partial charge is 0.309 e. The van der Waals surface area contributed by atoms with Gasteiger partial charge in [-0.05, 0) is 12.1 Å². The first-order valence-electron chi connectivity index (χ1n) is 6.52. The summed E-state index contributed by atoms with van der Waals surface area (Å²) >= 11 is 0. The molecule has 1 N–H and O–H groups in total. The van der Waals surface area contributed by atoms with Crippen LogP contribution in [0.15, 0.2) is 41.2 Å². The highest BCUT2D eigenvalue weighted by Crippen LogP contribution is 2.20. The lowest BCUT2D eigenvalue weighted by Gasteiger charge is -2.07. The van der Waals surface area contributed by atoms with Gasteiger partial charge in [0.15, 0.2) is 0 Å². The zero-order valence-electron chi connectivity index (χ0n) is 11.7. The minimum atomic E-state index is -1.02. The highest BCUT2D eigenvalue weighted by atomic mass is 19.1. The lowest BCUT2D eigenvalue weighted by molar-refractivity contribution is -0.136. The summed E-state index contributed by atoms with van der Waals surface area (Å²) < 4.78 is 16.1. The largest absolute Gasteiger partial charge is 0.481 e. The molecule has 6 nitrogen and oxygen atoms in total. The Labute approximate surface area is 124 Å². The van der Waals surface area contributed by atoms with Crippen LogP contribution in [0.3, 0.4) is 0 Å². The van der Waals surface area contributed by atoms with Crippen LogP contribution in [0.5, 0.6) is 0 Å². The maximum atomic E-state index is 13.3. The van der Waals surface area contributed by atoms with E-state index in [9.17, 15) is 14.0 Å². The van der Waals surface area contributed by atoms with E-state index in [-0.39, 0.29) is 6.42 Å². The Morgan fingerprint density at radius 3 is 2.77 bits per heavy atom. The molecular formula is C15H12FN3O3. The number of carboxylic acids is 1. The van der Waals surface area contributed by atoms with Crippen LogP contribution in [0, 0.1) is 5.82 Å². The molecule has 0 unspecified atom stereocenters. The maximum absolute atomic E-state index is 13.3. The molecule has 22 heavy (non-hydrogen) atoms. The van der Waals surface area contributed by atoms with Gasteiger partial charge in [0.2, 0.25) is 0 Å². The van der Waals surface area contributed by atoms with E-state index in [1.54, 1.807) is 29.8 Å². The highest BCUT2D eigenvalue weighted by molar-refractivity contribution is 5.70. The minimum absolute atomic E-state index is 0.261. The summed E-state index contributed by atoms with van der Waals surface area (Å²) in [4.78, 5) is 22.9. The van der Waals surface area contributed by atoms with Gasteiger partial charge in [-0.3, -0.25) is 9.59 Å². The van der Waals surface area contributed by atoms with Crippen molar-refractivity contribution in [3.63, 3.8) is 0 Å². The van der Waals surface area contributed by atoms with Crippen molar-refractivity contribution in [3.8, 4) is 11.3 Å². The van der Waals surface area contributed by atoms with Gasteiger partial charge in [-0.2, -0.15) is 9.61 Å². The molecule has 0 fully saturated rings. The quantitative estimate of drug-likeness (QED) is 0.794. The number of nitrogens with zero attached hydrogens (tertiary/aromatic N) is 3. The lowest BCUT2D eigenvalue weighted by Crippen LogP contribution is -2.21. The predicted octanol–water partition coefficient (Wildman–Crippen LogP) is 1.47. The molecule has 0 spiro atoms. The molecule has 3 rings (SSSR count). The lowest BCUT2D eigenvalue weighted by atomic mass is 10.1. The van der Waals surface area contributed by atoms with E-state index in [0.29, 0.717) is 22.6 Å². The van der Waals surface area contributed by atoms with Gasteiger partial charge in [0.1, 0.15) is 11.5 Å². The molecule has 0 atom stereocenters. The van der Waals surface area contributed by atoms with Gasteiger partial charge in [0.25, 0.3) is 5.56 Å². The van der Waals surface area contributed by atoms with Crippen LogP contribution in [0.2, 0.25) is 0 Å². The van der Waals surface area contributed by atoms with Gasteiger partial charge in [0, 0.05) is 30.4 Å². The number of carboxylic acid groups (broad SMARTS) is 1. The van der Waals surface area contributed by atoms with E-state index < -0.39 is 17.3 Å². The summed E-state index contributed by atoms with van der Waals surface area (Å²) in [7, 11) is 1.66. The van der Waals surface area contributed by atoms with Crippen LogP contribution < -0.4 is 5.56 Å². The molecule has 0 radical (unpaired) electrons. The van der Waals surface area contributed by atoms with Crippen LogP contribution in [0.1, 0.15) is 5.69 Å². The van der Waals surface area contributed by atoms with Crippen LogP contribution in [0.25, 0.3) is 16.9 Å². The topological polar surface area (TPSA) is 76.6 Å². The van der Waals surface area contributed by atoms with Crippen molar-refractivity contribution < 1.29 is 14.3 Å².